The van der Waals surface area contributed by atoms with Crippen molar-refractivity contribution in [1.82, 2.24) is 9.38 Å². The van der Waals surface area contributed by atoms with Gasteiger partial charge in [-0.25, -0.2) is 4.98 Å². The number of aromatic nitrogens is 2. The lowest BCUT2D eigenvalue weighted by molar-refractivity contribution is 0.215. The van der Waals surface area contributed by atoms with Gasteiger partial charge in [-0.05, 0) is 54.8 Å². The van der Waals surface area contributed by atoms with Gasteiger partial charge in [0.2, 0.25) is 0 Å². The highest BCUT2D eigenvalue weighted by molar-refractivity contribution is 5.46. The lowest BCUT2D eigenvalue weighted by atomic mass is 9.98. The molecule has 1 unspecified atom stereocenters. The monoisotopic (exact) mass is 282 g/mol. The molecule has 21 heavy (non-hydrogen) atoms. The number of nitrogens with zero attached hydrogens (tertiary/aromatic N) is 2. The molecule has 0 aliphatic rings. The molecule has 1 atom stereocenters. The minimum Gasteiger partial charge on any atom is -0.496 e. The second kappa shape index (κ2) is 5.22. The smallest absolute Gasteiger partial charge is 0.137 e. The van der Waals surface area contributed by atoms with E-state index < -0.39 is 6.10 Å². The number of benzene rings is 1. The maximum atomic E-state index is 10.6. The van der Waals surface area contributed by atoms with Gasteiger partial charge in [0.25, 0.3) is 0 Å². The molecule has 1 N–H and O–H groups in total. The van der Waals surface area contributed by atoms with Crippen molar-refractivity contribution in [3.8, 4) is 5.75 Å². The maximum absolute atomic E-state index is 10.6. The van der Waals surface area contributed by atoms with E-state index in [0.717, 1.165) is 28.1 Å². The molecule has 3 rings (SSSR count). The summed E-state index contributed by atoms with van der Waals surface area (Å²) in [6.07, 6.45) is 3.04. The van der Waals surface area contributed by atoms with Gasteiger partial charge in [0.15, 0.2) is 0 Å². The molecule has 0 bridgehead atoms. The highest BCUT2D eigenvalue weighted by atomic mass is 16.5. The van der Waals surface area contributed by atoms with Crippen molar-refractivity contribution in [3.63, 3.8) is 0 Å². The van der Waals surface area contributed by atoms with Gasteiger partial charge in [0.05, 0.1) is 12.8 Å². The Morgan fingerprint density at radius 2 is 2.00 bits per heavy atom. The Bertz CT molecular complexity index is 760. The van der Waals surface area contributed by atoms with Crippen molar-refractivity contribution in [1.29, 1.82) is 0 Å². The van der Waals surface area contributed by atoms with Crippen LogP contribution < -0.4 is 4.74 Å². The number of rotatable bonds is 3. The fourth-order valence-corrected chi connectivity index (χ4v) is 2.57. The summed E-state index contributed by atoms with van der Waals surface area (Å²) in [5.41, 5.74) is 4.32. The van der Waals surface area contributed by atoms with Gasteiger partial charge in [0, 0.05) is 12.4 Å². The predicted octanol–water partition coefficient (Wildman–Crippen LogP) is 3.04. The van der Waals surface area contributed by atoms with Gasteiger partial charge in [-0.3, -0.25) is 0 Å². The number of methoxy groups -OCH3 is 1. The third-order valence-electron chi connectivity index (χ3n) is 3.74. The Hall–Kier alpha value is -2.33. The summed E-state index contributed by atoms with van der Waals surface area (Å²) in [7, 11) is 1.65. The largest absolute Gasteiger partial charge is 0.496 e. The first-order valence-corrected chi connectivity index (χ1v) is 6.87. The number of aliphatic hydroxyl groups excluding tert-OH is 1. The molecular weight excluding hydrogens is 264 g/mol. The van der Waals surface area contributed by atoms with Crippen LogP contribution in [0.1, 0.15) is 28.5 Å². The molecule has 0 saturated carbocycles. The molecule has 4 nitrogen and oxygen atoms in total. The fourth-order valence-electron chi connectivity index (χ4n) is 2.57. The molecule has 0 spiro atoms. The molecule has 0 aliphatic carbocycles. The Kier molecular flexibility index (Phi) is 3.39. The lowest BCUT2D eigenvalue weighted by Crippen LogP contribution is -2.04. The number of hydrogen-bond donors (Lipinski definition) is 1. The third-order valence-corrected chi connectivity index (χ3v) is 3.74. The Balaban J connectivity index is 2.05. The van der Waals surface area contributed by atoms with Crippen molar-refractivity contribution in [2.45, 2.75) is 20.0 Å². The number of fused-ring (bicyclic) bond motifs is 1. The Labute approximate surface area is 123 Å². The second-order valence-electron chi connectivity index (χ2n) is 5.21. The number of pyridine rings is 1. The van der Waals surface area contributed by atoms with Crippen LogP contribution in [0.3, 0.4) is 0 Å². The molecular formula is C17H18N2O2. The standard InChI is InChI=1S/C17H18N2O2/c1-11-9-15(21-3)12(2)8-13(11)17(20)14-10-19-7-5-4-6-16(19)18-14/h4-10,17,20H,1-3H3. The SMILES string of the molecule is COc1cc(C)c(C(O)c2cn3ccccc3n2)cc1C. The van der Waals surface area contributed by atoms with Crippen LogP contribution in [-0.4, -0.2) is 21.6 Å². The zero-order valence-electron chi connectivity index (χ0n) is 12.4. The van der Waals surface area contributed by atoms with Crippen molar-refractivity contribution < 1.29 is 9.84 Å². The molecule has 4 heteroatoms. The summed E-state index contributed by atoms with van der Waals surface area (Å²) in [4.78, 5) is 4.48. The van der Waals surface area contributed by atoms with E-state index in [1.54, 1.807) is 7.11 Å². The quantitative estimate of drug-likeness (QED) is 0.803. The Morgan fingerprint density at radius 3 is 2.71 bits per heavy atom. The van der Waals surface area contributed by atoms with Crippen LogP contribution >= 0.6 is 0 Å². The highest BCUT2D eigenvalue weighted by Gasteiger charge is 2.18. The van der Waals surface area contributed by atoms with Gasteiger partial charge >= 0.3 is 0 Å². The van der Waals surface area contributed by atoms with Crippen molar-refractivity contribution in [2.75, 3.05) is 7.11 Å². The van der Waals surface area contributed by atoms with Gasteiger partial charge < -0.3 is 14.2 Å². The van der Waals surface area contributed by atoms with E-state index in [9.17, 15) is 5.11 Å². The Morgan fingerprint density at radius 1 is 1.19 bits per heavy atom. The lowest BCUT2D eigenvalue weighted by Gasteiger charge is -2.15. The molecule has 0 aliphatic heterocycles. The first kappa shape index (κ1) is 13.6. The molecule has 2 aromatic heterocycles. The fraction of sp³-hybridized carbons (Fsp3) is 0.235. The second-order valence-corrected chi connectivity index (χ2v) is 5.21. The normalized spacial score (nSPS) is 12.6. The van der Waals surface area contributed by atoms with E-state index >= 15 is 0 Å². The zero-order chi connectivity index (χ0) is 15.0. The summed E-state index contributed by atoms with van der Waals surface area (Å²) in [5.74, 6) is 0.832. The molecule has 3 aromatic rings. The van der Waals surface area contributed by atoms with E-state index in [-0.39, 0.29) is 0 Å². The van der Waals surface area contributed by atoms with E-state index in [1.807, 2.05) is 61.0 Å². The van der Waals surface area contributed by atoms with E-state index in [2.05, 4.69) is 4.98 Å². The van der Waals surface area contributed by atoms with Crippen LogP contribution in [0.15, 0.2) is 42.7 Å². The molecule has 1 aromatic carbocycles. The molecule has 108 valence electrons. The topological polar surface area (TPSA) is 46.8 Å². The van der Waals surface area contributed by atoms with Gasteiger partial charge in [-0.15, -0.1) is 0 Å². The minimum absolute atomic E-state index is 0.647. The first-order valence-electron chi connectivity index (χ1n) is 6.87. The van der Waals surface area contributed by atoms with E-state index in [0.29, 0.717) is 5.69 Å². The molecule has 0 saturated heterocycles. The number of hydrogen-bond acceptors (Lipinski definition) is 3. The van der Waals surface area contributed by atoms with Gasteiger partial charge in [-0.2, -0.15) is 0 Å². The molecule has 0 amide bonds. The summed E-state index contributed by atoms with van der Waals surface area (Å²) < 4.78 is 7.22. The van der Waals surface area contributed by atoms with Crippen LogP contribution in [0.25, 0.3) is 5.65 Å². The van der Waals surface area contributed by atoms with Gasteiger partial charge in [0.1, 0.15) is 17.5 Å². The summed E-state index contributed by atoms with van der Waals surface area (Å²) >= 11 is 0. The summed E-state index contributed by atoms with van der Waals surface area (Å²) in [6.45, 7) is 3.94. The van der Waals surface area contributed by atoms with Crippen LogP contribution in [0.4, 0.5) is 0 Å². The van der Waals surface area contributed by atoms with E-state index in [4.69, 9.17) is 4.74 Å². The maximum Gasteiger partial charge on any atom is 0.137 e. The van der Waals surface area contributed by atoms with Gasteiger partial charge in [-0.1, -0.05) is 6.07 Å². The average molecular weight is 282 g/mol. The first-order chi connectivity index (χ1) is 10.1. The number of aliphatic hydroxyl groups is 1. The summed E-state index contributed by atoms with van der Waals surface area (Å²) in [5, 5.41) is 10.6. The number of aryl methyl sites for hydroxylation is 2. The molecule has 2 heterocycles. The van der Waals surface area contributed by atoms with Crippen molar-refractivity contribution in [2.24, 2.45) is 0 Å². The van der Waals surface area contributed by atoms with Crippen LogP contribution in [0.5, 0.6) is 5.75 Å². The predicted molar refractivity (Wildman–Crippen MR) is 81.7 cm³/mol. The zero-order valence-corrected chi connectivity index (χ0v) is 12.4. The minimum atomic E-state index is -0.741. The molecule has 0 fully saturated rings. The van der Waals surface area contributed by atoms with Crippen LogP contribution in [-0.2, 0) is 0 Å². The molecule has 0 radical (unpaired) electrons. The van der Waals surface area contributed by atoms with Crippen molar-refractivity contribution >= 4 is 5.65 Å². The summed E-state index contributed by atoms with van der Waals surface area (Å²) in [6, 6.07) is 9.70. The van der Waals surface area contributed by atoms with Crippen LogP contribution in [0.2, 0.25) is 0 Å². The van der Waals surface area contributed by atoms with E-state index in [1.165, 1.54) is 0 Å². The van der Waals surface area contributed by atoms with Crippen molar-refractivity contribution in [3.05, 3.63) is 65.1 Å². The third kappa shape index (κ3) is 2.38. The number of imidazole rings is 1. The highest BCUT2D eigenvalue weighted by Crippen LogP contribution is 2.29. The number of ether oxygens (including phenoxy) is 1. The van der Waals surface area contributed by atoms with Crippen LogP contribution in [0, 0.1) is 13.8 Å². The average Bonchev–Trinajstić information content (AvgIpc) is 2.92.